The molecule has 1 saturated heterocycles. The quantitative estimate of drug-likeness (QED) is 0.856. The van der Waals surface area contributed by atoms with Crippen molar-refractivity contribution in [1.82, 2.24) is 10.6 Å². The number of carbonyl (C=O) groups is 1. The molecule has 1 amide bonds. The van der Waals surface area contributed by atoms with Crippen molar-refractivity contribution in [2.75, 3.05) is 13.1 Å². The lowest BCUT2D eigenvalue weighted by molar-refractivity contribution is 0.0914. The molecule has 1 aliphatic rings. The van der Waals surface area contributed by atoms with Crippen molar-refractivity contribution in [2.24, 2.45) is 5.92 Å². The zero-order valence-corrected chi connectivity index (χ0v) is 11.2. The second kappa shape index (κ2) is 6.01. The van der Waals surface area contributed by atoms with Crippen LogP contribution in [0.4, 0.5) is 0 Å². The fourth-order valence-corrected chi connectivity index (χ4v) is 2.48. The molecule has 2 N–H and O–H groups in total. The van der Waals surface area contributed by atoms with E-state index in [9.17, 15) is 4.79 Å². The molecule has 0 saturated carbocycles. The molecular formula is C15H22N2O. The van der Waals surface area contributed by atoms with E-state index in [1.54, 1.807) is 0 Å². The Labute approximate surface area is 109 Å². The summed E-state index contributed by atoms with van der Waals surface area (Å²) in [7, 11) is 0. The van der Waals surface area contributed by atoms with E-state index < -0.39 is 0 Å². The van der Waals surface area contributed by atoms with Gasteiger partial charge in [-0.25, -0.2) is 0 Å². The maximum atomic E-state index is 12.3. The highest BCUT2D eigenvalue weighted by Gasteiger charge is 2.23. The fourth-order valence-electron chi connectivity index (χ4n) is 2.48. The molecule has 0 bridgehead atoms. The number of hydrogen-bond acceptors (Lipinski definition) is 2. The number of nitrogens with one attached hydrogen (secondary N) is 2. The lowest BCUT2D eigenvalue weighted by atomic mass is 9.94. The van der Waals surface area contributed by atoms with Crippen molar-refractivity contribution in [3.8, 4) is 0 Å². The number of amides is 1. The van der Waals surface area contributed by atoms with E-state index in [1.165, 1.54) is 0 Å². The molecule has 1 fully saturated rings. The average Bonchev–Trinajstić information content (AvgIpc) is 2.41. The Morgan fingerprint density at radius 3 is 2.94 bits per heavy atom. The van der Waals surface area contributed by atoms with Crippen LogP contribution < -0.4 is 10.6 Å². The highest BCUT2D eigenvalue weighted by molar-refractivity contribution is 5.95. The SMILES string of the molecule is CCc1ccccc1C(=O)NC1CNCCC1C. The van der Waals surface area contributed by atoms with Crippen molar-refractivity contribution >= 4 is 5.91 Å². The minimum absolute atomic E-state index is 0.0630. The van der Waals surface area contributed by atoms with Crippen LogP contribution in [-0.2, 0) is 6.42 Å². The standard InChI is InChI=1S/C15H22N2O/c1-3-12-6-4-5-7-13(12)15(18)17-14-10-16-9-8-11(14)2/h4-7,11,14,16H,3,8-10H2,1-2H3,(H,17,18). The maximum absolute atomic E-state index is 12.3. The Morgan fingerprint density at radius 2 is 2.22 bits per heavy atom. The van der Waals surface area contributed by atoms with Crippen LogP contribution in [0.2, 0.25) is 0 Å². The molecule has 2 unspecified atom stereocenters. The van der Waals surface area contributed by atoms with Gasteiger partial charge in [0.05, 0.1) is 0 Å². The van der Waals surface area contributed by atoms with E-state index in [-0.39, 0.29) is 11.9 Å². The van der Waals surface area contributed by atoms with Gasteiger partial charge in [0.2, 0.25) is 0 Å². The number of carbonyl (C=O) groups excluding carboxylic acids is 1. The van der Waals surface area contributed by atoms with Crippen LogP contribution in [0.25, 0.3) is 0 Å². The molecule has 2 rings (SSSR count). The first-order valence-electron chi connectivity index (χ1n) is 6.82. The molecule has 1 heterocycles. The number of benzene rings is 1. The minimum Gasteiger partial charge on any atom is -0.348 e. The molecule has 1 aromatic rings. The predicted octanol–water partition coefficient (Wildman–Crippen LogP) is 1.98. The minimum atomic E-state index is 0.0630. The van der Waals surface area contributed by atoms with E-state index in [2.05, 4.69) is 24.5 Å². The smallest absolute Gasteiger partial charge is 0.251 e. The van der Waals surface area contributed by atoms with Crippen molar-refractivity contribution in [3.63, 3.8) is 0 Å². The Bertz CT molecular complexity index is 417. The molecule has 0 spiro atoms. The van der Waals surface area contributed by atoms with Crippen LogP contribution >= 0.6 is 0 Å². The number of aryl methyl sites for hydroxylation is 1. The van der Waals surface area contributed by atoms with Gasteiger partial charge in [0.1, 0.15) is 0 Å². The molecule has 18 heavy (non-hydrogen) atoms. The van der Waals surface area contributed by atoms with Gasteiger partial charge in [0, 0.05) is 18.2 Å². The van der Waals surface area contributed by atoms with Gasteiger partial charge in [-0.05, 0) is 36.9 Å². The summed E-state index contributed by atoms with van der Waals surface area (Å²) in [5.74, 6) is 0.608. The molecule has 3 heteroatoms. The first-order chi connectivity index (χ1) is 8.72. The number of rotatable bonds is 3. The summed E-state index contributed by atoms with van der Waals surface area (Å²) in [5.41, 5.74) is 1.93. The summed E-state index contributed by atoms with van der Waals surface area (Å²) in [6, 6.07) is 8.10. The van der Waals surface area contributed by atoms with Crippen LogP contribution in [0.5, 0.6) is 0 Å². The van der Waals surface area contributed by atoms with Crippen molar-refractivity contribution in [2.45, 2.75) is 32.7 Å². The third-order valence-corrected chi connectivity index (χ3v) is 3.79. The van der Waals surface area contributed by atoms with Crippen molar-refractivity contribution < 1.29 is 4.79 Å². The van der Waals surface area contributed by atoms with Gasteiger partial charge >= 0.3 is 0 Å². The Morgan fingerprint density at radius 1 is 1.44 bits per heavy atom. The Kier molecular flexibility index (Phi) is 4.37. The van der Waals surface area contributed by atoms with Crippen molar-refractivity contribution in [1.29, 1.82) is 0 Å². The fraction of sp³-hybridized carbons (Fsp3) is 0.533. The molecular weight excluding hydrogens is 224 g/mol. The summed E-state index contributed by atoms with van der Waals surface area (Å²) < 4.78 is 0. The van der Waals surface area contributed by atoms with Gasteiger partial charge in [-0.3, -0.25) is 4.79 Å². The van der Waals surface area contributed by atoms with Gasteiger partial charge in [-0.2, -0.15) is 0 Å². The first kappa shape index (κ1) is 13.1. The van der Waals surface area contributed by atoms with E-state index in [0.717, 1.165) is 37.1 Å². The molecule has 0 aliphatic carbocycles. The molecule has 1 aromatic carbocycles. The summed E-state index contributed by atoms with van der Waals surface area (Å²) in [5, 5.41) is 6.49. The molecule has 0 aromatic heterocycles. The number of hydrogen-bond donors (Lipinski definition) is 2. The normalized spacial score (nSPS) is 23.7. The molecule has 2 atom stereocenters. The molecule has 1 aliphatic heterocycles. The lowest BCUT2D eigenvalue weighted by Crippen LogP contribution is -2.50. The summed E-state index contributed by atoms with van der Waals surface area (Å²) in [4.78, 5) is 12.3. The third-order valence-electron chi connectivity index (χ3n) is 3.79. The molecule has 0 radical (unpaired) electrons. The van der Waals surface area contributed by atoms with Gasteiger partial charge in [-0.15, -0.1) is 0 Å². The summed E-state index contributed by atoms with van der Waals surface area (Å²) >= 11 is 0. The Balaban J connectivity index is 2.07. The first-order valence-corrected chi connectivity index (χ1v) is 6.82. The number of piperidine rings is 1. The van der Waals surface area contributed by atoms with Gasteiger partial charge in [0.25, 0.3) is 5.91 Å². The van der Waals surface area contributed by atoms with Crippen molar-refractivity contribution in [3.05, 3.63) is 35.4 Å². The topological polar surface area (TPSA) is 41.1 Å². The Hall–Kier alpha value is -1.35. The van der Waals surface area contributed by atoms with Crippen LogP contribution in [0.3, 0.4) is 0 Å². The van der Waals surface area contributed by atoms with Crippen LogP contribution in [0.1, 0.15) is 36.2 Å². The van der Waals surface area contributed by atoms with E-state index in [4.69, 9.17) is 0 Å². The van der Waals surface area contributed by atoms with Gasteiger partial charge < -0.3 is 10.6 Å². The zero-order valence-electron chi connectivity index (χ0n) is 11.2. The zero-order chi connectivity index (χ0) is 13.0. The maximum Gasteiger partial charge on any atom is 0.251 e. The monoisotopic (exact) mass is 246 g/mol. The van der Waals surface area contributed by atoms with E-state index in [0.29, 0.717) is 5.92 Å². The second-order valence-electron chi connectivity index (χ2n) is 5.06. The van der Waals surface area contributed by atoms with E-state index in [1.807, 2.05) is 24.3 Å². The van der Waals surface area contributed by atoms with E-state index >= 15 is 0 Å². The van der Waals surface area contributed by atoms with Crippen LogP contribution in [0, 0.1) is 5.92 Å². The van der Waals surface area contributed by atoms with Gasteiger partial charge in [0.15, 0.2) is 0 Å². The summed E-state index contributed by atoms with van der Waals surface area (Å²) in [6.07, 6.45) is 2.02. The molecule has 3 nitrogen and oxygen atoms in total. The van der Waals surface area contributed by atoms with Crippen LogP contribution in [0.15, 0.2) is 24.3 Å². The highest BCUT2D eigenvalue weighted by Crippen LogP contribution is 2.14. The predicted molar refractivity (Wildman–Crippen MR) is 73.7 cm³/mol. The lowest BCUT2D eigenvalue weighted by Gasteiger charge is -2.30. The van der Waals surface area contributed by atoms with Gasteiger partial charge in [-0.1, -0.05) is 32.0 Å². The summed E-state index contributed by atoms with van der Waals surface area (Å²) in [6.45, 7) is 6.22. The average molecular weight is 246 g/mol. The highest BCUT2D eigenvalue weighted by atomic mass is 16.1. The molecule has 98 valence electrons. The largest absolute Gasteiger partial charge is 0.348 e. The third kappa shape index (κ3) is 2.91. The van der Waals surface area contributed by atoms with Crippen LogP contribution in [-0.4, -0.2) is 25.0 Å². The second-order valence-corrected chi connectivity index (χ2v) is 5.06.